The highest BCUT2D eigenvalue weighted by Crippen LogP contribution is 2.40. The Morgan fingerprint density at radius 3 is 0.653 bits per heavy atom. The molecule has 2 aliphatic rings. The number of nitrogens with two attached hydrogens (primary N) is 4. The van der Waals surface area contributed by atoms with Gasteiger partial charge in [-0.25, -0.2) is 9.97 Å². The number of quaternary nitrogens is 4. The molecule has 2 aliphatic heterocycles. The Hall–Kier alpha value is -13.4. The number of benzene rings is 8. The summed E-state index contributed by atoms with van der Waals surface area (Å²) < 4.78 is 25.8. The molecule has 8 aromatic carbocycles. The lowest BCUT2D eigenvalue weighted by atomic mass is 10.0. The number of aromatic nitrogens is 4. The van der Waals surface area contributed by atoms with Crippen LogP contribution in [0.15, 0.2) is 239 Å². The van der Waals surface area contributed by atoms with Crippen molar-refractivity contribution in [3.63, 3.8) is 0 Å². The van der Waals surface area contributed by atoms with E-state index in [2.05, 4.69) is 266 Å². The summed E-state index contributed by atoms with van der Waals surface area (Å²) in [6, 6.07) is 75.7. The number of nitrogens with zero attached hydrogens (tertiary/aromatic N) is 14. The highest BCUT2D eigenvalue weighted by atomic mass is 16.5. The van der Waals surface area contributed by atoms with Crippen molar-refractivity contribution in [1.29, 1.82) is 0 Å². The number of aromatic amines is 2. The molecule has 5 heterocycles. The number of unbranched alkanes of at least 4 members (excludes halogenated alkanes) is 12. The predicted octanol–water partition coefficient (Wildman–Crippen LogP) is 21.4. The van der Waals surface area contributed by atoms with Gasteiger partial charge in [0.05, 0.1) is 102 Å². The van der Waals surface area contributed by atoms with Crippen LogP contribution in [0.2, 0.25) is 0 Å². The van der Waals surface area contributed by atoms with Crippen LogP contribution in [0.25, 0.3) is 133 Å². The molecule has 3 aromatic heterocycles. The lowest BCUT2D eigenvalue weighted by molar-refractivity contribution is -0.671. The maximum Gasteiger partial charge on any atom is 0.119 e. The molecule has 0 aliphatic carbocycles. The van der Waals surface area contributed by atoms with Crippen LogP contribution in [0, 0.1) is 0 Å². The third kappa shape index (κ3) is 27.3. The van der Waals surface area contributed by atoms with Gasteiger partial charge in [0.25, 0.3) is 0 Å². The summed E-state index contributed by atoms with van der Waals surface area (Å²) in [5.41, 5.74) is 58.3. The fourth-order valence-electron chi connectivity index (χ4n) is 15.7. The molecule has 0 fully saturated rings. The first-order valence-corrected chi connectivity index (χ1v) is 44.0. The van der Waals surface area contributed by atoms with Gasteiger partial charge in [0, 0.05) is 86.2 Å². The number of hydrogen-bond donors (Lipinski definition) is 6. The standard InChI is InChI=1S/C100H110N20O4/c101-117-109-69-77-25-17-73(18-26-77)65-105-57-9-1-5-13-61-121-85-41-33-81(34-42-85)97-89-49-51-91(113-89)98(82-35-43-86(44-36-82)122-62-14-6-2-10-58-106-66-74-19-27-78(28-20-74)70-110-118-102)93-53-55-95(115-93)100(84-39-47-88(48-40-84)124-64-16-8-4-12-60-108-68-76-23-31-80(32-24-76)72-112-120-104)96-56-54-94(116-96)99(92-52-50-90(97)114-92)83-37-45-87(46-38-83)123-63-15-7-3-11-59-107-67-75-21-29-79(30-22-75)71-111-119-103/h17-56,105-108,113,116H,1-16,57-72H2/p+4. The van der Waals surface area contributed by atoms with Crippen LogP contribution >= 0.6 is 0 Å². The van der Waals surface area contributed by atoms with Crippen molar-refractivity contribution in [2.45, 2.75) is 155 Å². The number of H-pyrrole nitrogens is 2. The van der Waals surface area contributed by atoms with Crippen LogP contribution < -0.4 is 40.2 Å². The monoisotopic (exact) mass is 1660 g/mol. The summed E-state index contributed by atoms with van der Waals surface area (Å²) in [5, 5.41) is 24.1. The molecule has 0 amide bonds. The lowest BCUT2D eigenvalue weighted by Gasteiger charge is -2.10. The molecule has 10 N–H and O–H groups in total. The van der Waals surface area contributed by atoms with Gasteiger partial charge in [-0.2, -0.15) is 0 Å². The van der Waals surface area contributed by atoms with E-state index in [1.54, 1.807) is 0 Å². The average molecular weight is 1660 g/mol. The van der Waals surface area contributed by atoms with Crippen LogP contribution in [-0.4, -0.2) is 72.5 Å². The highest BCUT2D eigenvalue weighted by Gasteiger charge is 2.21. The number of nitrogens with one attached hydrogen (secondary N) is 2. The third-order valence-electron chi connectivity index (χ3n) is 22.5. The zero-order chi connectivity index (χ0) is 85.2. The molecule has 13 rings (SSSR count). The van der Waals surface area contributed by atoms with Gasteiger partial charge in [0.15, 0.2) is 0 Å². The molecule has 8 bridgehead atoms. The second kappa shape index (κ2) is 48.9. The van der Waals surface area contributed by atoms with Crippen molar-refractivity contribution in [2.24, 2.45) is 20.5 Å². The summed E-state index contributed by atoms with van der Waals surface area (Å²) in [6.07, 6.45) is 25.8. The second-order valence-corrected chi connectivity index (χ2v) is 31.6. The molecule has 0 radical (unpaired) electrons. The minimum atomic E-state index is 0.371. The van der Waals surface area contributed by atoms with Gasteiger partial charge in [-0.3, -0.25) is 0 Å². The summed E-state index contributed by atoms with van der Waals surface area (Å²) >= 11 is 0. The van der Waals surface area contributed by atoms with Crippen molar-refractivity contribution in [3.8, 4) is 67.5 Å². The quantitative estimate of drug-likeness (QED) is 0.00930. The molecule has 0 unspecified atom stereocenters. The SMILES string of the molecule is [N-]=[N+]=NCc1ccc(C[NH2+]CCCCCCOc2ccc(-c3c4nc(c(-c5ccc(OCCCCCC[NH2+]Cc6ccc(CN=[N+]=[N-])cc6)cc5)c5ccc([nH]5)c(-c5ccc(OCCCCCC[NH2+]Cc6ccc(CN=[N+]=[N-])cc6)cc5)c5nc(c(-c6ccc(OCCCCCC[NH2+]Cc7ccc(CN=[N+]=[N-])cc7)cc6)c6ccc3[nH]6)C=C5)C=C4)cc2)cc1. The van der Waals surface area contributed by atoms with Gasteiger partial charge in [-0.1, -0.05) is 166 Å². The molecule has 0 saturated carbocycles. The second-order valence-electron chi connectivity index (χ2n) is 31.6. The lowest BCUT2D eigenvalue weighted by Crippen LogP contribution is -2.82. The number of ether oxygens (including phenoxy) is 4. The van der Waals surface area contributed by atoms with E-state index in [0.29, 0.717) is 52.6 Å². The number of azide groups is 4. The largest absolute Gasteiger partial charge is 0.494 e. The summed E-state index contributed by atoms with van der Waals surface area (Å²) in [6.45, 7) is 11.9. The fourth-order valence-corrected chi connectivity index (χ4v) is 15.7. The maximum absolute atomic E-state index is 8.69. The number of rotatable bonds is 52. The Labute approximate surface area is 725 Å². The van der Waals surface area contributed by atoms with Gasteiger partial charge in [-0.05, 0) is 266 Å². The smallest absolute Gasteiger partial charge is 0.119 e. The fraction of sp³-hybridized carbons (Fsp3) is 0.320. The highest BCUT2D eigenvalue weighted by molar-refractivity contribution is 6.00. The summed E-state index contributed by atoms with van der Waals surface area (Å²) in [7, 11) is 0. The number of fused-ring (bicyclic) bond motifs is 8. The molecule has 0 saturated heterocycles. The zero-order valence-corrected chi connectivity index (χ0v) is 70.9. The number of hydrogen-bond acceptors (Lipinski definition) is 10. The van der Waals surface area contributed by atoms with Gasteiger partial charge in [0.2, 0.25) is 0 Å². The Balaban J connectivity index is 0.747. The molecular weight excluding hydrogens is 1550 g/mol. The Morgan fingerprint density at radius 1 is 0.242 bits per heavy atom. The first kappa shape index (κ1) is 88.4. The predicted molar refractivity (Wildman–Crippen MR) is 496 cm³/mol. The van der Waals surface area contributed by atoms with Crippen LogP contribution in [-0.2, 0) is 52.4 Å². The van der Waals surface area contributed by atoms with Crippen molar-refractivity contribution in [1.82, 2.24) is 19.9 Å². The first-order chi connectivity index (χ1) is 61.3. The van der Waals surface area contributed by atoms with Crippen LogP contribution in [0.3, 0.4) is 0 Å². The van der Waals surface area contributed by atoms with E-state index in [1.165, 1.54) is 22.3 Å². The van der Waals surface area contributed by atoms with E-state index >= 15 is 0 Å². The normalized spacial score (nSPS) is 11.4. The van der Waals surface area contributed by atoms with E-state index < -0.39 is 0 Å². The van der Waals surface area contributed by atoms with Crippen LogP contribution in [0.4, 0.5) is 0 Å². The van der Waals surface area contributed by atoms with Crippen molar-refractivity contribution < 1.29 is 40.2 Å². The Bertz CT molecular complexity index is 4960. The van der Waals surface area contributed by atoms with E-state index in [-0.39, 0.29) is 0 Å². The third-order valence-corrected chi connectivity index (χ3v) is 22.5. The van der Waals surface area contributed by atoms with Crippen molar-refractivity contribution in [2.75, 3.05) is 52.6 Å². The average Bonchev–Trinajstić information content (AvgIpc) is 1.61. The Morgan fingerprint density at radius 2 is 0.444 bits per heavy atom. The molecule has 11 aromatic rings. The maximum atomic E-state index is 8.69. The minimum absolute atomic E-state index is 0.371. The zero-order valence-electron chi connectivity index (χ0n) is 70.9. The summed E-state index contributed by atoms with van der Waals surface area (Å²) in [4.78, 5) is 30.8. The van der Waals surface area contributed by atoms with E-state index in [4.69, 9.17) is 51.0 Å². The molecule has 0 atom stereocenters. The van der Waals surface area contributed by atoms with Gasteiger partial charge in [-0.15, -0.1) is 0 Å². The van der Waals surface area contributed by atoms with Gasteiger partial charge < -0.3 is 50.2 Å². The van der Waals surface area contributed by atoms with Gasteiger partial charge in [0.1, 0.15) is 49.2 Å². The van der Waals surface area contributed by atoms with Crippen LogP contribution in [0.5, 0.6) is 23.0 Å². The van der Waals surface area contributed by atoms with Crippen molar-refractivity contribution in [3.05, 3.63) is 327 Å². The Kier molecular flexibility index (Phi) is 34.9. The molecule has 24 heteroatoms. The van der Waals surface area contributed by atoms with E-state index in [9.17, 15) is 0 Å². The molecule has 124 heavy (non-hydrogen) atoms. The van der Waals surface area contributed by atoms with E-state index in [0.717, 1.165) is 290 Å². The van der Waals surface area contributed by atoms with Gasteiger partial charge >= 0.3 is 0 Å². The molecule has 634 valence electrons. The topological polar surface area (TPSA) is 356 Å². The van der Waals surface area contributed by atoms with E-state index in [1.807, 2.05) is 48.5 Å². The van der Waals surface area contributed by atoms with Crippen LogP contribution in [0.1, 0.15) is 170 Å². The molecule has 24 nitrogen and oxygen atoms in total. The van der Waals surface area contributed by atoms with Crippen molar-refractivity contribution >= 4 is 46.4 Å². The molecular formula is C100H114N20O4+4. The first-order valence-electron chi connectivity index (χ1n) is 44.0. The minimum Gasteiger partial charge on any atom is -0.494 e. The summed E-state index contributed by atoms with van der Waals surface area (Å²) in [5.74, 6) is 3.25. The molecule has 0 spiro atoms.